The predicted molar refractivity (Wildman–Crippen MR) is 114 cm³/mol. The summed E-state index contributed by atoms with van der Waals surface area (Å²) in [5, 5.41) is 1.27. The van der Waals surface area contributed by atoms with Crippen molar-refractivity contribution < 1.29 is 9.47 Å². The van der Waals surface area contributed by atoms with Gasteiger partial charge < -0.3 is 14.4 Å². The molecule has 2 fully saturated rings. The van der Waals surface area contributed by atoms with E-state index in [2.05, 4.69) is 9.88 Å². The lowest BCUT2D eigenvalue weighted by Crippen LogP contribution is -2.52. The molecule has 7 heteroatoms. The van der Waals surface area contributed by atoms with Crippen LogP contribution in [0.5, 0.6) is 0 Å². The molecule has 29 heavy (non-hydrogen) atoms. The minimum atomic E-state index is -0.194. The van der Waals surface area contributed by atoms with Crippen LogP contribution in [0, 0.1) is 0 Å². The van der Waals surface area contributed by atoms with Crippen molar-refractivity contribution >= 4 is 27.4 Å². The Morgan fingerprint density at radius 2 is 2.10 bits per heavy atom. The van der Waals surface area contributed by atoms with Gasteiger partial charge in [-0.1, -0.05) is 0 Å². The van der Waals surface area contributed by atoms with Gasteiger partial charge in [-0.3, -0.25) is 4.98 Å². The number of morpholine rings is 1. The largest absolute Gasteiger partial charge is 0.378 e. The standard InChI is InChI=1S/C22H24N4O2S/c1-2-6-17-16(5-1)18-20(26-9-11-28-22(13-26)7-10-27-14-22)24-19(25-21(18)29-17)15-4-3-8-23-12-15/h3-4,8,12H,1-2,5-7,9-11,13-14H2. The summed E-state index contributed by atoms with van der Waals surface area (Å²) in [6.07, 6.45) is 9.42. The molecule has 0 radical (unpaired) electrons. The van der Waals surface area contributed by atoms with Gasteiger partial charge in [0.05, 0.1) is 25.1 Å². The summed E-state index contributed by atoms with van der Waals surface area (Å²) in [6, 6.07) is 3.98. The quantitative estimate of drug-likeness (QED) is 0.645. The molecule has 3 aliphatic rings. The first-order valence-electron chi connectivity index (χ1n) is 10.5. The van der Waals surface area contributed by atoms with Crippen molar-refractivity contribution in [1.82, 2.24) is 15.0 Å². The highest BCUT2D eigenvalue weighted by molar-refractivity contribution is 7.19. The Labute approximate surface area is 173 Å². The molecule has 6 nitrogen and oxygen atoms in total. The number of thiophene rings is 1. The molecular formula is C22H24N4O2S. The second-order valence-corrected chi connectivity index (χ2v) is 9.34. The molecule has 0 saturated carbocycles. The van der Waals surface area contributed by atoms with Crippen molar-refractivity contribution in [2.75, 3.05) is 37.8 Å². The number of aromatic nitrogens is 3. The molecule has 1 atom stereocenters. The number of rotatable bonds is 2. The van der Waals surface area contributed by atoms with Gasteiger partial charge in [0, 0.05) is 42.4 Å². The third-order valence-corrected chi connectivity index (χ3v) is 7.52. The fraction of sp³-hybridized carbons (Fsp3) is 0.500. The van der Waals surface area contributed by atoms with E-state index < -0.39 is 0 Å². The number of ether oxygens (including phenoxy) is 2. The Kier molecular flexibility index (Phi) is 4.29. The number of anilines is 1. The minimum absolute atomic E-state index is 0.194. The Balaban J connectivity index is 1.52. The van der Waals surface area contributed by atoms with Gasteiger partial charge in [-0.15, -0.1) is 11.3 Å². The van der Waals surface area contributed by atoms with Crippen molar-refractivity contribution in [2.24, 2.45) is 0 Å². The number of pyridine rings is 1. The normalized spacial score (nSPS) is 24.3. The molecule has 2 saturated heterocycles. The maximum absolute atomic E-state index is 6.18. The van der Waals surface area contributed by atoms with Gasteiger partial charge >= 0.3 is 0 Å². The summed E-state index contributed by atoms with van der Waals surface area (Å²) in [4.78, 5) is 19.4. The molecule has 1 unspecified atom stereocenters. The smallest absolute Gasteiger partial charge is 0.164 e. The third kappa shape index (κ3) is 3.03. The van der Waals surface area contributed by atoms with Gasteiger partial charge in [-0.25, -0.2) is 9.97 Å². The number of fused-ring (bicyclic) bond motifs is 3. The first-order chi connectivity index (χ1) is 14.3. The Bertz CT molecular complexity index is 1050. The van der Waals surface area contributed by atoms with Crippen LogP contribution < -0.4 is 4.90 Å². The number of nitrogens with zero attached hydrogens (tertiary/aromatic N) is 4. The van der Waals surface area contributed by atoms with Crippen LogP contribution in [-0.4, -0.2) is 53.5 Å². The fourth-order valence-corrected chi connectivity index (χ4v) is 6.10. The molecule has 0 aromatic carbocycles. The summed E-state index contributed by atoms with van der Waals surface area (Å²) >= 11 is 1.86. The van der Waals surface area contributed by atoms with Crippen LogP contribution in [0.3, 0.4) is 0 Å². The van der Waals surface area contributed by atoms with Crippen LogP contribution in [0.1, 0.15) is 29.7 Å². The Morgan fingerprint density at radius 3 is 2.97 bits per heavy atom. The van der Waals surface area contributed by atoms with E-state index in [4.69, 9.17) is 19.4 Å². The van der Waals surface area contributed by atoms with E-state index in [0.717, 1.165) is 54.6 Å². The van der Waals surface area contributed by atoms with Gasteiger partial charge in [-0.2, -0.15) is 0 Å². The van der Waals surface area contributed by atoms with Crippen LogP contribution in [-0.2, 0) is 22.3 Å². The molecular weight excluding hydrogens is 384 g/mol. The summed E-state index contributed by atoms with van der Waals surface area (Å²) in [5.41, 5.74) is 2.25. The summed E-state index contributed by atoms with van der Waals surface area (Å²) in [7, 11) is 0. The van der Waals surface area contributed by atoms with Gasteiger partial charge in [-0.05, 0) is 43.4 Å². The molecule has 0 N–H and O–H groups in total. The lowest BCUT2D eigenvalue weighted by atomic mass is 9.96. The van der Waals surface area contributed by atoms with Gasteiger partial charge in [0.1, 0.15) is 16.2 Å². The van der Waals surface area contributed by atoms with Crippen LogP contribution in [0.25, 0.3) is 21.6 Å². The first kappa shape index (κ1) is 17.7. The molecule has 3 aromatic rings. The van der Waals surface area contributed by atoms with Crippen molar-refractivity contribution in [3.05, 3.63) is 35.0 Å². The molecule has 150 valence electrons. The zero-order chi connectivity index (χ0) is 19.3. The Hall–Kier alpha value is -2.09. The van der Waals surface area contributed by atoms with Crippen LogP contribution in [0.2, 0.25) is 0 Å². The molecule has 1 spiro atoms. The van der Waals surface area contributed by atoms with Crippen LogP contribution >= 0.6 is 11.3 Å². The number of hydrogen-bond acceptors (Lipinski definition) is 7. The van der Waals surface area contributed by atoms with E-state index in [9.17, 15) is 0 Å². The zero-order valence-electron chi connectivity index (χ0n) is 16.4. The molecule has 1 aliphatic carbocycles. The summed E-state index contributed by atoms with van der Waals surface area (Å²) in [5.74, 6) is 1.84. The maximum Gasteiger partial charge on any atom is 0.164 e. The highest BCUT2D eigenvalue weighted by Gasteiger charge is 2.41. The average molecular weight is 409 g/mol. The van der Waals surface area contributed by atoms with E-state index >= 15 is 0 Å². The summed E-state index contributed by atoms with van der Waals surface area (Å²) < 4.78 is 11.9. The van der Waals surface area contributed by atoms with Crippen LogP contribution in [0.4, 0.5) is 5.82 Å². The zero-order valence-corrected chi connectivity index (χ0v) is 17.2. The fourth-order valence-electron chi connectivity index (χ4n) is 4.84. The Morgan fingerprint density at radius 1 is 1.14 bits per heavy atom. The van der Waals surface area contributed by atoms with E-state index in [-0.39, 0.29) is 5.60 Å². The van der Waals surface area contributed by atoms with Crippen LogP contribution in [0.15, 0.2) is 24.5 Å². The highest BCUT2D eigenvalue weighted by atomic mass is 32.1. The second-order valence-electron chi connectivity index (χ2n) is 8.26. The first-order valence-corrected chi connectivity index (χ1v) is 11.3. The lowest BCUT2D eigenvalue weighted by Gasteiger charge is -2.40. The van der Waals surface area contributed by atoms with E-state index in [1.807, 2.05) is 29.7 Å². The topological polar surface area (TPSA) is 60.4 Å². The van der Waals surface area contributed by atoms with Crippen molar-refractivity contribution in [1.29, 1.82) is 0 Å². The van der Waals surface area contributed by atoms with Gasteiger partial charge in [0.15, 0.2) is 5.82 Å². The monoisotopic (exact) mass is 408 g/mol. The van der Waals surface area contributed by atoms with Gasteiger partial charge in [0.2, 0.25) is 0 Å². The molecule has 5 heterocycles. The summed E-state index contributed by atoms with van der Waals surface area (Å²) in [6.45, 7) is 3.85. The maximum atomic E-state index is 6.18. The molecule has 6 rings (SSSR count). The van der Waals surface area contributed by atoms with Gasteiger partial charge in [0.25, 0.3) is 0 Å². The highest BCUT2D eigenvalue weighted by Crippen LogP contribution is 2.42. The number of hydrogen-bond donors (Lipinski definition) is 0. The van der Waals surface area contributed by atoms with E-state index in [1.165, 1.54) is 35.1 Å². The van der Waals surface area contributed by atoms with Crippen molar-refractivity contribution in [3.8, 4) is 11.4 Å². The van der Waals surface area contributed by atoms with E-state index in [0.29, 0.717) is 13.2 Å². The second kappa shape index (κ2) is 7.00. The third-order valence-electron chi connectivity index (χ3n) is 6.33. The van der Waals surface area contributed by atoms with Crippen molar-refractivity contribution in [2.45, 2.75) is 37.7 Å². The minimum Gasteiger partial charge on any atom is -0.378 e. The molecule has 3 aromatic heterocycles. The van der Waals surface area contributed by atoms with Crippen molar-refractivity contribution in [3.63, 3.8) is 0 Å². The molecule has 0 amide bonds. The average Bonchev–Trinajstić information content (AvgIpc) is 3.38. The number of aryl methyl sites for hydroxylation is 2. The predicted octanol–water partition coefficient (Wildman–Crippen LogP) is 3.63. The molecule has 2 aliphatic heterocycles. The SMILES string of the molecule is c1cncc(-c2nc(N3CCOC4(CCOC4)C3)c3c4c(sc3n2)CCCC4)c1. The van der Waals surface area contributed by atoms with E-state index in [1.54, 1.807) is 6.20 Å². The molecule has 0 bridgehead atoms. The lowest BCUT2D eigenvalue weighted by molar-refractivity contribution is -0.0580.